The van der Waals surface area contributed by atoms with E-state index in [0.29, 0.717) is 5.69 Å². The zero-order chi connectivity index (χ0) is 17.3. The molecule has 0 bridgehead atoms. The van der Waals surface area contributed by atoms with E-state index in [-0.39, 0.29) is 20.6 Å². The van der Waals surface area contributed by atoms with Crippen molar-refractivity contribution in [2.24, 2.45) is 0 Å². The van der Waals surface area contributed by atoms with Crippen LogP contribution in [0.25, 0.3) is 5.69 Å². The molecule has 0 saturated heterocycles. The van der Waals surface area contributed by atoms with Gasteiger partial charge in [-0.3, -0.25) is 4.79 Å². The van der Waals surface area contributed by atoms with E-state index >= 15 is 0 Å². The van der Waals surface area contributed by atoms with Crippen molar-refractivity contribution in [2.75, 3.05) is 5.32 Å². The topological polar surface area (TPSA) is 67.2 Å². The predicted octanol–water partition coefficient (Wildman–Crippen LogP) is 4.79. The number of aromatic hydroxyl groups is 1. The molecule has 2 aromatic carbocycles. The Morgan fingerprint density at radius 3 is 2.46 bits per heavy atom. The SMILES string of the molecule is O=C(Nc1ccc(-n2cccn2)cc1)c1c(O)c(Cl)cc(Cl)c1Cl. The van der Waals surface area contributed by atoms with E-state index in [1.807, 2.05) is 6.07 Å². The fraction of sp³-hybridized carbons (Fsp3) is 0. The van der Waals surface area contributed by atoms with Gasteiger partial charge in [-0.15, -0.1) is 0 Å². The average Bonchev–Trinajstić information content (AvgIpc) is 3.08. The van der Waals surface area contributed by atoms with E-state index in [4.69, 9.17) is 34.8 Å². The lowest BCUT2D eigenvalue weighted by atomic mass is 10.1. The van der Waals surface area contributed by atoms with Crippen LogP contribution < -0.4 is 5.32 Å². The van der Waals surface area contributed by atoms with Gasteiger partial charge in [0.25, 0.3) is 5.91 Å². The molecule has 0 atom stereocenters. The number of carbonyl (C=O) groups is 1. The number of anilines is 1. The number of hydrogen-bond donors (Lipinski definition) is 2. The van der Waals surface area contributed by atoms with Gasteiger partial charge in [-0.2, -0.15) is 5.10 Å². The molecular weight excluding hydrogens is 373 g/mol. The summed E-state index contributed by atoms with van der Waals surface area (Å²) >= 11 is 17.7. The summed E-state index contributed by atoms with van der Waals surface area (Å²) < 4.78 is 1.69. The summed E-state index contributed by atoms with van der Waals surface area (Å²) in [5.41, 5.74) is 1.18. The van der Waals surface area contributed by atoms with Crippen LogP contribution in [-0.4, -0.2) is 20.8 Å². The number of rotatable bonds is 3. The third kappa shape index (κ3) is 3.19. The standard InChI is InChI=1S/C16H10Cl3N3O2/c17-11-8-12(18)15(23)13(14(11)19)16(24)21-9-2-4-10(5-3-9)22-7-1-6-20-22/h1-8,23H,(H,21,24). The van der Waals surface area contributed by atoms with Crippen LogP contribution in [0, 0.1) is 0 Å². The van der Waals surface area contributed by atoms with Crippen molar-refractivity contribution in [3.63, 3.8) is 0 Å². The lowest BCUT2D eigenvalue weighted by Crippen LogP contribution is -2.13. The highest BCUT2D eigenvalue weighted by Gasteiger charge is 2.21. The molecule has 0 unspecified atom stereocenters. The lowest BCUT2D eigenvalue weighted by Gasteiger charge is -2.11. The van der Waals surface area contributed by atoms with E-state index in [1.54, 1.807) is 41.3 Å². The van der Waals surface area contributed by atoms with Gasteiger partial charge in [0.2, 0.25) is 0 Å². The summed E-state index contributed by atoms with van der Waals surface area (Å²) in [5.74, 6) is -1.04. The van der Waals surface area contributed by atoms with Crippen LogP contribution in [0.5, 0.6) is 5.75 Å². The Hall–Kier alpha value is -2.21. The van der Waals surface area contributed by atoms with Gasteiger partial charge in [0.15, 0.2) is 0 Å². The van der Waals surface area contributed by atoms with Gasteiger partial charge in [-0.1, -0.05) is 34.8 Å². The van der Waals surface area contributed by atoms with Crippen molar-refractivity contribution in [1.82, 2.24) is 9.78 Å². The van der Waals surface area contributed by atoms with Gasteiger partial charge in [0.05, 0.1) is 20.8 Å². The number of halogens is 3. The quantitative estimate of drug-likeness (QED) is 0.640. The zero-order valence-corrected chi connectivity index (χ0v) is 14.3. The predicted molar refractivity (Wildman–Crippen MR) is 94.7 cm³/mol. The number of carbonyl (C=O) groups excluding carboxylic acids is 1. The summed E-state index contributed by atoms with van der Waals surface area (Å²) in [4.78, 5) is 12.4. The van der Waals surface area contributed by atoms with Crippen molar-refractivity contribution in [2.45, 2.75) is 0 Å². The smallest absolute Gasteiger partial charge is 0.261 e. The van der Waals surface area contributed by atoms with Crippen LogP contribution >= 0.6 is 34.8 Å². The molecule has 1 amide bonds. The van der Waals surface area contributed by atoms with Crippen LogP contribution in [0.1, 0.15) is 10.4 Å². The largest absolute Gasteiger partial charge is 0.505 e. The third-order valence-corrected chi connectivity index (χ3v) is 4.34. The summed E-state index contributed by atoms with van der Waals surface area (Å²) in [6.07, 6.45) is 3.47. The molecule has 0 spiro atoms. The average molecular weight is 383 g/mol. The monoisotopic (exact) mass is 381 g/mol. The van der Waals surface area contributed by atoms with Crippen LogP contribution in [0.3, 0.4) is 0 Å². The Morgan fingerprint density at radius 1 is 1.12 bits per heavy atom. The Labute approximate surface area is 152 Å². The summed E-state index contributed by atoms with van der Waals surface area (Å²) in [6, 6.07) is 10.1. The third-order valence-electron chi connectivity index (χ3n) is 3.27. The molecule has 0 aliphatic carbocycles. The summed E-state index contributed by atoms with van der Waals surface area (Å²) in [7, 11) is 0. The molecule has 3 rings (SSSR count). The van der Waals surface area contributed by atoms with Gasteiger partial charge in [-0.05, 0) is 36.4 Å². The minimum atomic E-state index is -0.617. The number of phenols is 1. The number of aromatic nitrogens is 2. The maximum Gasteiger partial charge on any atom is 0.261 e. The minimum absolute atomic E-state index is 0.0522. The van der Waals surface area contributed by atoms with Gasteiger partial charge >= 0.3 is 0 Å². The van der Waals surface area contributed by atoms with Crippen LogP contribution in [-0.2, 0) is 0 Å². The minimum Gasteiger partial charge on any atom is -0.505 e. The summed E-state index contributed by atoms with van der Waals surface area (Å²) in [6.45, 7) is 0. The van der Waals surface area contributed by atoms with E-state index in [9.17, 15) is 9.90 Å². The summed E-state index contributed by atoms with van der Waals surface area (Å²) in [5, 5.41) is 16.7. The lowest BCUT2D eigenvalue weighted by molar-refractivity contribution is 0.102. The molecule has 2 N–H and O–H groups in total. The fourth-order valence-electron chi connectivity index (χ4n) is 2.11. The molecule has 0 fully saturated rings. The number of benzene rings is 2. The van der Waals surface area contributed by atoms with Crippen molar-refractivity contribution in [3.8, 4) is 11.4 Å². The number of amides is 1. The maximum atomic E-state index is 12.4. The molecule has 0 saturated carbocycles. The van der Waals surface area contributed by atoms with Crippen LogP contribution in [0.15, 0.2) is 48.8 Å². The molecule has 122 valence electrons. The van der Waals surface area contributed by atoms with Crippen LogP contribution in [0.2, 0.25) is 15.1 Å². The number of nitrogens with zero attached hydrogens (tertiary/aromatic N) is 2. The fourth-order valence-corrected chi connectivity index (χ4v) is 2.80. The molecule has 1 heterocycles. The normalized spacial score (nSPS) is 10.6. The number of hydrogen-bond acceptors (Lipinski definition) is 3. The molecule has 0 aliphatic heterocycles. The molecule has 5 nitrogen and oxygen atoms in total. The van der Waals surface area contributed by atoms with Gasteiger partial charge in [0, 0.05) is 18.1 Å². The highest BCUT2D eigenvalue weighted by Crippen LogP contribution is 2.38. The van der Waals surface area contributed by atoms with Gasteiger partial charge in [-0.25, -0.2) is 4.68 Å². The van der Waals surface area contributed by atoms with Crippen molar-refractivity contribution < 1.29 is 9.90 Å². The van der Waals surface area contributed by atoms with Gasteiger partial charge < -0.3 is 10.4 Å². The van der Waals surface area contributed by atoms with E-state index in [2.05, 4.69) is 10.4 Å². The first-order valence-electron chi connectivity index (χ1n) is 6.75. The van der Waals surface area contributed by atoms with E-state index < -0.39 is 11.7 Å². The molecule has 0 radical (unpaired) electrons. The van der Waals surface area contributed by atoms with Gasteiger partial charge in [0.1, 0.15) is 11.3 Å². The molecule has 8 heteroatoms. The Kier molecular flexibility index (Phi) is 4.66. The second-order valence-corrected chi connectivity index (χ2v) is 6.02. The highest BCUT2D eigenvalue weighted by atomic mass is 35.5. The number of nitrogens with one attached hydrogen (secondary N) is 1. The first-order chi connectivity index (χ1) is 11.5. The Bertz CT molecular complexity index is 868. The van der Waals surface area contributed by atoms with Crippen LogP contribution in [0.4, 0.5) is 5.69 Å². The molecular formula is C16H10Cl3N3O2. The highest BCUT2D eigenvalue weighted by molar-refractivity contribution is 6.46. The maximum absolute atomic E-state index is 12.4. The second kappa shape index (κ2) is 6.73. The first-order valence-corrected chi connectivity index (χ1v) is 7.88. The Balaban J connectivity index is 1.86. The van der Waals surface area contributed by atoms with E-state index in [0.717, 1.165) is 5.69 Å². The van der Waals surface area contributed by atoms with E-state index in [1.165, 1.54) is 6.07 Å². The molecule has 1 aromatic heterocycles. The van der Waals surface area contributed by atoms with Crippen molar-refractivity contribution >= 4 is 46.4 Å². The molecule has 24 heavy (non-hydrogen) atoms. The number of phenolic OH excluding ortho intramolecular Hbond substituents is 1. The van der Waals surface area contributed by atoms with Crippen molar-refractivity contribution in [1.29, 1.82) is 0 Å². The zero-order valence-electron chi connectivity index (χ0n) is 12.0. The Morgan fingerprint density at radius 2 is 1.83 bits per heavy atom. The molecule has 3 aromatic rings. The first kappa shape index (κ1) is 16.6. The second-order valence-electron chi connectivity index (χ2n) is 4.83. The molecule has 0 aliphatic rings. The van der Waals surface area contributed by atoms with Crippen molar-refractivity contribution in [3.05, 3.63) is 69.4 Å².